The summed E-state index contributed by atoms with van der Waals surface area (Å²) in [6, 6.07) is 75.5. The Bertz CT molecular complexity index is 2400. The number of rotatable bonds is 6. The topological polar surface area (TPSA) is 0 Å². The van der Waals surface area contributed by atoms with Gasteiger partial charge in [-0.3, -0.25) is 0 Å². The number of hydrogen-bond acceptors (Lipinski definition) is 0. The average Bonchev–Trinajstić information content (AvgIpc) is 3.49. The normalized spacial score (nSPS) is 14.6. The van der Waals surface area contributed by atoms with Crippen LogP contribution in [0.5, 0.6) is 0 Å². The summed E-state index contributed by atoms with van der Waals surface area (Å²) in [7, 11) is 0. The molecule has 0 radical (unpaired) electrons. The molecule has 9 rings (SSSR count). The van der Waals surface area contributed by atoms with Gasteiger partial charge in [-0.25, -0.2) is 0 Å². The van der Waals surface area contributed by atoms with Gasteiger partial charge in [-0.1, -0.05) is 188 Å². The highest BCUT2D eigenvalue weighted by Crippen LogP contribution is 2.56. The summed E-state index contributed by atoms with van der Waals surface area (Å²) in [4.78, 5) is 0. The molecule has 0 heterocycles. The molecule has 0 saturated heterocycles. The maximum atomic E-state index is 2.45. The first-order valence-electron chi connectivity index (χ1n) is 17.0. The van der Waals surface area contributed by atoms with Crippen LogP contribution in [-0.2, 0) is 5.41 Å². The minimum atomic E-state index is -0.458. The zero-order chi connectivity index (χ0) is 32.6. The van der Waals surface area contributed by atoms with E-state index in [1.165, 1.54) is 77.9 Å². The van der Waals surface area contributed by atoms with Crippen LogP contribution in [0.2, 0.25) is 0 Å². The fourth-order valence-electron chi connectivity index (χ4n) is 7.87. The van der Waals surface area contributed by atoms with Crippen molar-refractivity contribution in [2.75, 3.05) is 0 Å². The molecule has 0 amide bonds. The molecule has 49 heavy (non-hydrogen) atoms. The van der Waals surface area contributed by atoms with Crippen LogP contribution in [0.15, 0.2) is 206 Å². The molecule has 0 aliphatic heterocycles. The van der Waals surface area contributed by atoms with Gasteiger partial charge in [-0.2, -0.15) is 0 Å². The van der Waals surface area contributed by atoms with Crippen molar-refractivity contribution < 1.29 is 0 Å². The van der Waals surface area contributed by atoms with Gasteiger partial charge in [0.2, 0.25) is 0 Å². The highest BCUT2D eigenvalue weighted by atomic mass is 14.5. The third-order valence-corrected chi connectivity index (χ3v) is 10.2. The van der Waals surface area contributed by atoms with Gasteiger partial charge in [-0.15, -0.1) is 0 Å². The summed E-state index contributed by atoms with van der Waals surface area (Å²) in [6.07, 6.45) is 0. The summed E-state index contributed by atoms with van der Waals surface area (Å²) in [5.74, 6) is 0. The molecular formula is C49H34. The third-order valence-electron chi connectivity index (χ3n) is 10.2. The standard InChI is InChI=1S/C49H34/c1-4-14-35(15-5-1)37-26-29-44(30-27-37)49(43-22-8-3-9-23-43)47-25-11-10-24-45(47)46-31-28-42(34-48(46)49)41-21-13-20-40(33-41)39-19-12-18-38(32-39)36-16-6-2-7-17-36/h1-34H. The van der Waals surface area contributed by atoms with Gasteiger partial charge in [0.15, 0.2) is 0 Å². The predicted molar refractivity (Wildman–Crippen MR) is 205 cm³/mol. The van der Waals surface area contributed by atoms with Crippen LogP contribution in [0.4, 0.5) is 0 Å². The van der Waals surface area contributed by atoms with E-state index in [0.717, 1.165) is 0 Å². The lowest BCUT2D eigenvalue weighted by molar-refractivity contribution is 0.769. The quantitative estimate of drug-likeness (QED) is 0.173. The lowest BCUT2D eigenvalue weighted by Crippen LogP contribution is -2.28. The van der Waals surface area contributed by atoms with E-state index in [1.807, 2.05) is 0 Å². The largest absolute Gasteiger partial charge is 0.0713 e. The number of hydrogen-bond donors (Lipinski definition) is 0. The summed E-state index contributed by atoms with van der Waals surface area (Å²) >= 11 is 0. The zero-order valence-electron chi connectivity index (χ0n) is 27.1. The van der Waals surface area contributed by atoms with E-state index < -0.39 is 5.41 Å². The molecule has 8 aromatic rings. The van der Waals surface area contributed by atoms with E-state index >= 15 is 0 Å². The molecule has 0 heteroatoms. The van der Waals surface area contributed by atoms with Gasteiger partial charge in [0.05, 0.1) is 5.41 Å². The molecule has 8 aromatic carbocycles. The van der Waals surface area contributed by atoms with Crippen LogP contribution in [0.3, 0.4) is 0 Å². The highest BCUT2D eigenvalue weighted by Gasteiger charge is 2.46. The molecule has 1 aliphatic carbocycles. The van der Waals surface area contributed by atoms with Crippen molar-refractivity contribution in [3.8, 4) is 55.6 Å². The fourth-order valence-corrected chi connectivity index (χ4v) is 7.87. The molecular weight excluding hydrogens is 589 g/mol. The Morgan fingerprint density at radius 2 is 0.612 bits per heavy atom. The Labute approximate surface area is 288 Å². The first-order valence-corrected chi connectivity index (χ1v) is 17.0. The summed E-state index contributed by atoms with van der Waals surface area (Å²) in [6.45, 7) is 0. The molecule has 0 N–H and O–H groups in total. The molecule has 0 aromatic heterocycles. The second-order valence-corrected chi connectivity index (χ2v) is 12.9. The van der Waals surface area contributed by atoms with Crippen LogP contribution >= 0.6 is 0 Å². The van der Waals surface area contributed by atoms with Gasteiger partial charge >= 0.3 is 0 Å². The minimum absolute atomic E-state index is 0.458. The van der Waals surface area contributed by atoms with Gasteiger partial charge in [0.25, 0.3) is 0 Å². The minimum Gasteiger partial charge on any atom is -0.0622 e. The lowest BCUT2D eigenvalue weighted by atomic mass is 9.67. The molecule has 0 nitrogen and oxygen atoms in total. The van der Waals surface area contributed by atoms with E-state index in [9.17, 15) is 0 Å². The molecule has 0 saturated carbocycles. The Kier molecular flexibility index (Phi) is 7.14. The van der Waals surface area contributed by atoms with Gasteiger partial charge < -0.3 is 0 Å². The molecule has 0 bridgehead atoms. The van der Waals surface area contributed by atoms with Crippen LogP contribution in [0.1, 0.15) is 22.3 Å². The van der Waals surface area contributed by atoms with Crippen LogP contribution in [0, 0.1) is 0 Å². The highest BCUT2D eigenvalue weighted by molar-refractivity contribution is 5.89. The van der Waals surface area contributed by atoms with E-state index in [1.54, 1.807) is 0 Å². The smallest absolute Gasteiger partial charge is 0.0622 e. The zero-order valence-corrected chi connectivity index (χ0v) is 27.1. The lowest BCUT2D eigenvalue weighted by Gasteiger charge is -2.34. The molecule has 1 unspecified atom stereocenters. The molecule has 230 valence electrons. The van der Waals surface area contributed by atoms with Crippen molar-refractivity contribution in [3.05, 3.63) is 229 Å². The average molecular weight is 623 g/mol. The second-order valence-electron chi connectivity index (χ2n) is 12.9. The maximum absolute atomic E-state index is 2.45. The van der Waals surface area contributed by atoms with Gasteiger partial charge in [0.1, 0.15) is 0 Å². The number of fused-ring (bicyclic) bond motifs is 3. The van der Waals surface area contributed by atoms with Crippen molar-refractivity contribution >= 4 is 0 Å². The van der Waals surface area contributed by atoms with Crippen LogP contribution in [-0.4, -0.2) is 0 Å². The first-order chi connectivity index (χ1) is 24.3. The van der Waals surface area contributed by atoms with E-state index in [2.05, 4.69) is 206 Å². The summed E-state index contributed by atoms with van der Waals surface area (Å²) in [5.41, 5.74) is 17.1. The predicted octanol–water partition coefficient (Wildman–Crippen LogP) is 12.7. The van der Waals surface area contributed by atoms with Crippen LogP contribution < -0.4 is 0 Å². The molecule has 0 fully saturated rings. The molecule has 0 spiro atoms. The molecule has 1 aliphatic rings. The Hall–Kier alpha value is -6.24. The maximum Gasteiger partial charge on any atom is 0.0713 e. The Balaban J connectivity index is 1.21. The van der Waals surface area contributed by atoms with E-state index in [0.29, 0.717) is 0 Å². The molecule has 1 atom stereocenters. The number of benzene rings is 8. The van der Waals surface area contributed by atoms with Crippen molar-refractivity contribution in [2.45, 2.75) is 5.41 Å². The van der Waals surface area contributed by atoms with E-state index in [-0.39, 0.29) is 0 Å². The monoisotopic (exact) mass is 622 g/mol. The van der Waals surface area contributed by atoms with Crippen molar-refractivity contribution in [2.24, 2.45) is 0 Å². The second kappa shape index (κ2) is 12.1. The fraction of sp³-hybridized carbons (Fsp3) is 0.0204. The SMILES string of the molecule is c1ccc(-c2ccc(C3(c4ccccc4)c4ccccc4-c4ccc(-c5cccc(-c6cccc(-c7ccccc7)c6)c5)cc43)cc2)cc1. The van der Waals surface area contributed by atoms with Crippen LogP contribution in [0.25, 0.3) is 55.6 Å². The third kappa shape index (κ3) is 4.93. The Morgan fingerprint density at radius 3 is 1.22 bits per heavy atom. The van der Waals surface area contributed by atoms with Crippen molar-refractivity contribution in [3.63, 3.8) is 0 Å². The van der Waals surface area contributed by atoms with Crippen molar-refractivity contribution in [1.29, 1.82) is 0 Å². The van der Waals surface area contributed by atoms with Gasteiger partial charge in [-0.05, 0) is 96.1 Å². The first kappa shape index (κ1) is 28.9. The van der Waals surface area contributed by atoms with Crippen molar-refractivity contribution in [1.82, 2.24) is 0 Å². The van der Waals surface area contributed by atoms with Gasteiger partial charge in [0, 0.05) is 0 Å². The summed E-state index contributed by atoms with van der Waals surface area (Å²) in [5, 5.41) is 0. The summed E-state index contributed by atoms with van der Waals surface area (Å²) < 4.78 is 0. The van der Waals surface area contributed by atoms with E-state index in [4.69, 9.17) is 0 Å². The Morgan fingerprint density at radius 1 is 0.224 bits per heavy atom.